The second kappa shape index (κ2) is 4.41. The van der Waals surface area contributed by atoms with Gasteiger partial charge in [-0.05, 0) is 17.5 Å². The maximum atomic E-state index is 5.37. The van der Waals surface area contributed by atoms with Gasteiger partial charge < -0.3 is 4.74 Å². The van der Waals surface area contributed by atoms with E-state index in [0.29, 0.717) is 5.82 Å². The minimum atomic E-state index is 0.670. The molecule has 4 heteroatoms. The molecule has 0 saturated heterocycles. The molecule has 88 valence electrons. The number of aromatic nitrogens is 3. The third-order valence-corrected chi connectivity index (χ3v) is 2.84. The molecule has 0 spiro atoms. The molecule has 4 nitrogen and oxygen atoms in total. The van der Waals surface area contributed by atoms with Crippen molar-refractivity contribution in [3.8, 4) is 17.1 Å². The van der Waals surface area contributed by atoms with Crippen molar-refractivity contribution in [2.24, 2.45) is 0 Å². The van der Waals surface area contributed by atoms with Gasteiger partial charge in [-0.15, -0.1) is 0 Å². The summed E-state index contributed by atoms with van der Waals surface area (Å²) in [6, 6.07) is 11.9. The van der Waals surface area contributed by atoms with E-state index in [2.05, 4.69) is 15.0 Å². The van der Waals surface area contributed by atoms with Gasteiger partial charge in [0.15, 0.2) is 5.82 Å². The van der Waals surface area contributed by atoms with Crippen LogP contribution in [-0.2, 0) is 0 Å². The highest BCUT2D eigenvalue weighted by Crippen LogP contribution is 2.32. The summed E-state index contributed by atoms with van der Waals surface area (Å²) >= 11 is 0. The SMILES string of the molecule is COc1ccc(-c2ncncn2)c2ccccc12. The fraction of sp³-hybridized carbons (Fsp3) is 0.0714. The Hall–Kier alpha value is -2.49. The van der Waals surface area contributed by atoms with Crippen molar-refractivity contribution in [3.63, 3.8) is 0 Å². The number of ether oxygens (including phenoxy) is 1. The van der Waals surface area contributed by atoms with E-state index in [9.17, 15) is 0 Å². The summed E-state index contributed by atoms with van der Waals surface area (Å²) < 4.78 is 5.37. The van der Waals surface area contributed by atoms with E-state index in [0.717, 1.165) is 22.1 Å². The van der Waals surface area contributed by atoms with Gasteiger partial charge in [0.2, 0.25) is 0 Å². The van der Waals surface area contributed by atoms with E-state index >= 15 is 0 Å². The highest BCUT2D eigenvalue weighted by Gasteiger charge is 2.09. The van der Waals surface area contributed by atoms with Gasteiger partial charge in [0.1, 0.15) is 18.4 Å². The standard InChI is InChI=1S/C14H11N3O/c1-18-13-7-6-12(14-16-8-15-9-17-14)10-4-2-3-5-11(10)13/h2-9H,1H3. The average Bonchev–Trinajstić information content (AvgIpc) is 2.47. The second-order valence-electron chi connectivity index (χ2n) is 3.82. The first-order chi connectivity index (χ1) is 8.90. The van der Waals surface area contributed by atoms with Gasteiger partial charge in [-0.3, -0.25) is 0 Å². The Morgan fingerprint density at radius 2 is 1.61 bits per heavy atom. The fourth-order valence-corrected chi connectivity index (χ4v) is 2.02. The van der Waals surface area contributed by atoms with Gasteiger partial charge in [-0.2, -0.15) is 0 Å². The summed E-state index contributed by atoms with van der Waals surface area (Å²) in [6.07, 6.45) is 3.00. The predicted octanol–water partition coefficient (Wildman–Crippen LogP) is 2.70. The van der Waals surface area contributed by atoms with Crippen molar-refractivity contribution in [1.82, 2.24) is 15.0 Å². The van der Waals surface area contributed by atoms with E-state index in [1.807, 2.05) is 36.4 Å². The summed E-state index contributed by atoms with van der Waals surface area (Å²) in [6.45, 7) is 0. The Morgan fingerprint density at radius 3 is 2.33 bits per heavy atom. The number of fused-ring (bicyclic) bond motifs is 1. The lowest BCUT2D eigenvalue weighted by molar-refractivity contribution is 0.420. The molecule has 3 aromatic rings. The molecule has 0 amide bonds. The van der Waals surface area contributed by atoms with Gasteiger partial charge in [-0.25, -0.2) is 15.0 Å². The molecule has 1 aromatic heterocycles. The van der Waals surface area contributed by atoms with Crippen molar-refractivity contribution in [3.05, 3.63) is 49.1 Å². The zero-order valence-corrected chi connectivity index (χ0v) is 9.87. The van der Waals surface area contributed by atoms with E-state index < -0.39 is 0 Å². The van der Waals surface area contributed by atoms with Gasteiger partial charge in [0.25, 0.3) is 0 Å². The summed E-state index contributed by atoms with van der Waals surface area (Å²) in [5.41, 5.74) is 0.980. The summed E-state index contributed by atoms with van der Waals surface area (Å²) in [5.74, 6) is 1.52. The van der Waals surface area contributed by atoms with Crippen LogP contribution in [0.3, 0.4) is 0 Å². The van der Waals surface area contributed by atoms with Crippen LogP contribution < -0.4 is 4.74 Å². The third kappa shape index (κ3) is 1.68. The van der Waals surface area contributed by atoms with Crippen molar-refractivity contribution >= 4 is 10.8 Å². The largest absolute Gasteiger partial charge is 0.496 e. The molecule has 0 aliphatic heterocycles. The van der Waals surface area contributed by atoms with Crippen LogP contribution in [0.5, 0.6) is 5.75 Å². The van der Waals surface area contributed by atoms with Crippen LogP contribution in [0.4, 0.5) is 0 Å². The molecule has 0 N–H and O–H groups in total. The fourth-order valence-electron chi connectivity index (χ4n) is 2.02. The molecule has 0 fully saturated rings. The van der Waals surface area contributed by atoms with Crippen LogP contribution in [0, 0.1) is 0 Å². The minimum Gasteiger partial charge on any atom is -0.496 e. The molecule has 0 aliphatic carbocycles. The summed E-state index contributed by atoms with van der Waals surface area (Å²) in [5, 5.41) is 2.13. The number of benzene rings is 2. The first-order valence-electron chi connectivity index (χ1n) is 5.58. The normalized spacial score (nSPS) is 10.5. The number of hydrogen-bond donors (Lipinski definition) is 0. The van der Waals surface area contributed by atoms with E-state index in [-0.39, 0.29) is 0 Å². The molecular formula is C14H11N3O. The molecule has 0 bridgehead atoms. The summed E-state index contributed by atoms with van der Waals surface area (Å²) in [7, 11) is 1.67. The molecule has 0 aliphatic rings. The Balaban J connectivity index is 2.32. The summed E-state index contributed by atoms with van der Waals surface area (Å²) in [4.78, 5) is 12.2. The molecule has 2 aromatic carbocycles. The molecule has 1 heterocycles. The van der Waals surface area contributed by atoms with Gasteiger partial charge in [-0.1, -0.05) is 24.3 Å². The van der Waals surface area contributed by atoms with Crippen LogP contribution >= 0.6 is 0 Å². The van der Waals surface area contributed by atoms with Crippen LogP contribution in [0.15, 0.2) is 49.1 Å². The minimum absolute atomic E-state index is 0.670. The quantitative estimate of drug-likeness (QED) is 0.687. The topological polar surface area (TPSA) is 47.9 Å². The Labute approximate surface area is 104 Å². The molecule has 0 radical (unpaired) electrons. The maximum absolute atomic E-state index is 5.37. The molecular weight excluding hydrogens is 226 g/mol. The van der Waals surface area contributed by atoms with Crippen LogP contribution in [0.25, 0.3) is 22.2 Å². The Bertz CT molecular complexity index is 683. The molecule has 18 heavy (non-hydrogen) atoms. The Kier molecular flexibility index (Phi) is 2.61. The van der Waals surface area contributed by atoms with E-state index in [1.165, 1.54) is 12.7 Å². The van der Waals surface area contributed by atoms with Crippen molar-refractivity contribution < 1.29 is 4.74 Å². The van der Waals surface area contributed by atoms with E-state index in [1.54, 1.807) is 7.11 Å². The van der Waals surface area contributed by atoms with Crippen molar-refractivity contribution in [1.29, 1.82) is 0 Å². The van der Waals surface area contributed by atoms with Crippen LogP contribution in [0.1, 0.15) is 0 Å². The number of rotatable bonds is 2. The lowest BCUT2D eigenvalue weighted by atomic mass is 10.0. The molecule has 0 unspecified atom stereocenters. The van der Waals surface area contributed by atoms with Gasteiger partial charge in [0.05, 0.1) is 7.11 Å². The van der Waals surface area contributed by atoms with Crippen LogP contribution in [0.2, 0.25) is 0 Å². The highest BCUT2D eigenvalue weighted by atomic mass is 16.5. The maximum Gasteiger partial charge on any atom is 0.163 e. The van der Waals surface area contributed by atoms with Crippen molar-refractivity contribution in [2.75, 3.05) is 7.11 Å². The number of methoxy groups -OCH3 is 1. The number of hydrogen-bond acceptors (Lipinski definition) is 4. The average molecular weight is 237 g/mol. The lowest BCUT2D eigenvalue weighted by Crippen LogP contribution is -1.92. The highest BCUT2D eigenvalue weighted by molar-refractivity contribution is 5.98. The third-order valence-electron chi connectivity index (χ3n) is 2.84. The molecule has 0 atom stereocenters. The molecule has 3 rings (SSSR count). The van der Waals surface area contributed by atoms with Gasteiger partial charge >= 0.3 is 0 Å². The Morgan fingerprint density at radius 1 is 0.889 bits per heavy atom. The smallest absolute Gasteiger partial charge is 0.163 e. The van der Waals surface area contributed by atoms with Gasteiger partial charge in [0, 0.05) is 10.9 Å². The lowest BCUT2D eigenvalue weighted by Gasteiger charge is -2.09. The molecule has 0 saturated carbocycles. The van der Waals surface area contributed by atoms with E-state index in [4.69, 9.17) is 4.74 Å². The number of nitrogens with zero attached hydrogens (tertiary/aromatic N) is 3. The van der Waals surface area contributed by atoms with Crippen molar-refractivity contribution in [2.45, 2.75) is 0 Å². The zero-order valence-electron chi connectivity index (χ0n) is 9.87. The zero-order chi connectivity index (χ0) is 12.4. The second-order valence-corrected chi connectivity index (χ2v) is 3.82. The first kappa shape index (κ1) is 10.7. The first-order valence-corrected chi connectivity index (χ1v) is 5.58. The predicted molar refractivity (Wildman–Crippen MR) is 69.3 cm³/mol. The monoisotopic (exact) mass is 237 g/mol. The van der Waals surface area contributed by atoms with Crippen LogP contribution in [-0.4, -0.2) is 22.1 Å².